The van der Waals surface area contributed by atoms with E-state index in [1.54, 1.807) is 31.0 Å². The molecule has 9 heteroatoms. The van der Waals surface area contributed by atoms with Crippen molar-refractivity contribution < 1.29 is 19.1 Å². The second-order valence-electron chi connectivity index (χ2n) is 9.26. The summed E-state index contributed by atoms with van der Waals surface area (Å²) >= 11 is 0. The average Bonchev–Trinajstić information content (AvgIpc) is 3.34. The molecule has 3 fully saturated rings. The van der Waals surface area contributed by atoms with Crippen molar-refractivity contribution in [2.75, 3.05) is 53.9 Å². The van der Waals surface area contributed by atoms with Crippen LogP contribution in [-0.2, 0) is 11.2 Å². The second kappa shape index (κ2) is 8.88. The summed E-state index contributed by atoms with van der Waals surface area (Å²) in [6, 6.07) is 7.73. The number of carbonyl (C=O) groups is 3. The molecule has 0 saturated carbocycles. The fraction of sp³-hybridized carbons (Fsp3) is 0.609. The summed E-state index contributed by atoms with van der Waals surface area (Å²) in [5, 5.41) is 6.24. The number of amides is 5. The molecule has 0 aliphatic carbocycles. The number of nitrogens with one attached hydrogen (secondary N) is 2. The van der Waals surface area contributed by atoms with E-state index in [0.29, 0.717) is 32.7 Å². The van der Waals surface area contributed by atoms with Gasteiger partial charge in [0.1, 0.15) is 5.75 Å². The molecule has 2 atom stereocenters. The van der Waals surface area contributed by atoms with Crippen LogP contribution in [0.4, 0.5) is 9.59 Å². The smallest absolute Gasteiger partial charge is 0.319 e. The Morgan fingerprint density at radius 2 is 1.84 bits per heavy atom. The molecule has 3 aliphatic rings. The van der Waals surface area contributed by atoms with E-state index >= 15 is 0 Å². The van der Waals surface area contributed by atoms with Crippen molar-refractivity contribution in [3.63, 3.8) is 0 Å². The van der Waals surface area contributed by atoms with Gasteiger partial charge >= 0.3 is 12.1 Å². The Balaban J connectivity index is 1.28. The molecule has 1 aromatic carbocycles. The molecule has 32 heavy (non-hydrogen) atoms. The number of hydrogen-bond donors (Lipinski definition) is 2. The zero-order valence-corrected chi connectivity index (χ0v) is 19.1. The first-order valence-corrected chi connectivity index (χ1v) is 11.3. The van der Waals surface area contributed by atoms with Gasteiger partial charge in [-0.25, -0.2) is 9.59 Å². The molecule has 0 radical (unpaired) electrons. The van der Waals surface area contributed by atoms with Crippen LogP contribution < -0.4 is 15.4 Å². The van der Waals surface area contributed by atoms with Gasteiger partial charge in [-0.15, -0.1) is 0 Å². The molecule has 4 rings (SSSR count). The first-order chi connectivity index (χ1) is 15.3. The predicted molar refractivity (Wildman–Crippen MR) is 119 cm³/mol. The van der Waals surface area contributed by atoms with Crippen molar-refractivity contribution in [2.24, 2.45) is 11.8 Å². The van der Waals surface area contributed by atoms with E-state index in [9.17, 15) is 14.4 Å². The number of rotatable bonds is 4. The molecule has 9 nitrogen and oxygen atoms in total. The first kappa shape index (κ1) is 22.2. The van der Waals surface area contributed by atoms with E-state index in [2.05, 4.69) is 10.6 Å². The fourth-order valence-electron chi connectivity index (χ4n) is 5.32. The van der Waals surface area contributed by atoms with Crippen LogP contribution in [0.25, 0.3) is 0 Å². The Morgan fingerprint density at radius 3 is 2.47 bits per heavy atom. The van der Waals surface area contributed by atoms with E-state index < -0.39 is 0 Å². The highest BCUT2D eigenvalue weighted by Crippen LogP contribution is 2.44. The lowest BCUT2D eigenvalue weighted by molar-refractivity contribution is -0.123. The maximum Gasteiger partial charge on any atom is 0.319 e. The number of carbonyl (C=O) groups excluding carboxylic acids is 3. The van der Waals surface area contributed by atoms with Crippen LogP contribution in [0.3, 0.4) is 0 Å². The molecule has 0 unspecified atom stereocenters. The fourth-order valence-corrected chi connectivity index (χ4v) is 5.32. The molecule has 2 N–H and O–H groups in total. The SMILES string of the molecule is COc1ccc(CCNC(=O)N2CCC3(CC2)NC(=O)[C@@H]2CN(C(=O)N(C)C)C[C@@H]23)cc1. The zero-order chi connectivity index (χ0) is 22.9. The highest BCUT2D eigenvalue weighted by atomic mass is 16.5. The number of fused-ring (bicyclic) bond motifs is 2. The lowest BCUT2D eigenvalue weighted by Crippen LogP contribution is -2.57. The summed E-state index contributed by atoms with van der Waals surface area (Å²) in [5.41, 5.74) is 0.824. The van der Waals surface area contributed by atoms with E-state index in [-0.39, 0.29) is 35.3 Å². The number of methoxy groups -OCH3 is 1. The van der Waals surface area contributed by atoms with Crippen molar-refractivity contribution >= 4 is 18.0 Å². The summed E-state index contributed by atoms with van der Waals surface area (Å²) in [6.07, 6.45) is 2.19. The van der Waals surface area contributed by atoms with Gasteiger partial charge in [0.25, 0.3) is 0 Å². The Bertz CT molecular complexity index is 864. The molecule has 3 saturated heterocycles. The molecule has 3 heterocycles. The zero-order valence-electron chi connectivity index (χ0n) is 19.1. The summed E-state index contributed by atoms with van der Waals surface area (Å²) in [7, 11) is 5.11. The topological polar surface area (TPSA) is 94.2 Å². The molecule has 1 aromatic rings. The van der Waals surface area contributed by atoms with E-state index in [0.717, 1.165) is 30.6 Å². The normalized spacial score (nSPS) is 23.7. The summed E-state index contributed by atoms with van der Waals surface area (Å²) in [4.78, 5) is 42.8. The maximum absolute atomic E-state index is 12.6. The first-order valence-electron chi connectivity index (χ1n) is 11.3. The number of urea groups is 2. The summed E-state index contributed by atoms with van der Waals surface area (Å²) in [5.74, 6) is 0.821. The monoisotopic (exact) mass is 443 g/mol. The average molecular weight is 444 g/mol. The van der Waals surface area contributed by atoms with E-state index in [1.807, 2.05) is 29.2 Å². The van der Waals surface area contributed by atoms with Crippen LogP contribution in [0.2, 0.25) is 0 Å². The molecular weight excluding hydrogens is 410 g/mol. The van der Waals surface area contributed by atoms with Crippen molar-refractivity contribution in [1.29, 1.82) is 0 Å². The largest absolute Gasteiger partial charge is 0.497 e. The molecule has 3 aliphatic heterocycles. The minimum absolute atomic E-state index is 0.0430. The number of likely N-dealkylation sites (tertiary alicyclic amines) is 2. The van der Waals surface area contributed by atoms with Gasteiger partial charge in [0.05, 0.1) is 13.0 Å². The number of ether oxygens (including phenoxy) is 1. The van der Waals surface area contributed by atoms with Crippen LogP contribution in [0, 0.1) is 11.8 Å². The van der Waals surface area contributed by atoms with Gasteiger partial charge < -0.3 is 30.1 Å². The third kappa shape index (κ3) is 4.20. The van der Waals surface area contributed by atoms with Gasteiger partial charge in [-0.3, -0.25) is 4.79 Å². The van der Waals surface area contributed by atoms with E-state index in [4.69, 9.17) is 4.74 Å². The third-order valence-corrected chi connectivity index (χ3v) is 7.18. The minimum atomic E-state index is -0.317. The predicted octanol–water partition coefficient (Wildman–Crippen LogP) is 1.14. The summed E-state index contributed by atoms with van der Waals surface area (Å²) < 4.78 is 5.17. The van der Waals surface area contributed by atoms with Crippen LogP contribution in [-0.4, -0.2) is 92.1 Å². The number of nitrogens with zero attached hydrogens (tertiary/aromatic N) is 3. The highest BCUT2D eigenvalue weighted by Gasteiger charge is 2.58. The molecule has 174 valence electrons. The quantitative estimate of drug-likeness (QED) is 0.730. The van der Waals surface area contributed by atoms with Gasteiger partial charge in [0.2, 0.25) is 5.91 Å². The van der Waals surface area contributed by atoms with Gasteiger partial charge in [-0.05, 0) is 37.0 Å². The van der Waals surface area contributed by atoms with E-state index in [1.165, 1.54) is 0 Å². The lowest BCUT2D eigenvalue weighted by atomic mass is 9.75. The van der Waals surface area contributed by atoms with Gasteiger partial charge in [0.15, 0.2) is 0 Å². The van der Waals surface area contributed by atoms with Gasteiger partial charge in [-0.1, -0.05) is 12.1 Å². The molecule has 5 amide bonds. The second-order valence-corrected chi connectivity index (χ2v) is 9.26. The number of hydrogen-bond acceptors (Lipinski definition) is 4. The summed E-state index contributed by atoms with van der Waals surface area (Å²) in [6.45, 7) is 2.83. The van der Waals surface area contributed by atoms with Gasteiger partial charge in [0, 0.05) is 58.3 Å². The lowest BCUT2D eigenvalue weighted by Gasteiger charge is -2.42. The Morgan fingerprint density at radius 1 is 1.16 bits per heavy atom. The Labute approximate surface area is 189 Å². The maximum atomic E-state index is 12.6. The number of piperidine rings is 1. The molecule has 0 aromatic heterocycles. The van der Waals surface area contributed by atoms with Crippen molar-refractivity contribution in [3.05, 3.63) is 29.8 Å². The molecular formula is C23H33N5O4. The van der Waals surface area contributed by atoms with Crippen molar-refractivity contribution in [3.8, 4) is 5.75 Å². The minimum Gasteiger partial charge on any atom is -0.497 e. The van der Waals surface area contributed by atoms with Crippen LogP contribution >= 0.6 is 0 Å². The van der Waals surface area contributed by atoms with Crippen LogP contribution in [0.5, 0.6) is 5.75 Å². The highest BCUT2D eigenvalue weighted by molar-refractivity contribution is 5.85. The third-order valence-electron chi connectivity index (χ3n) is 7.18. The Kier molecular flexibility index (Phi) is 6.17. The van der Waals surface area contributed by atoms with Crippen LogP contribution in [0.15, 0.2) is 24.3 Å². The van der Waals surface area contributed by atoms with Gasteiger partial charge in [-0.2, -0.15) is 0 Å². The van der Waals surface area contributed by atoms with Crippen molar-refractivity contribution in [2.45, 2.75) is 24.8 Å². The molecule has 0 bridgehead atoms. The standard InChI is InChI=1S/C23H33N5O4/c1-26(2)22(31)28-14-18-19(15-28)23(25-20(18)29)9-12-27(13-10-23)21(30)24-11-8-16-4-6-17(32-3)7-5-16/h4-7,18-19H,8-15H2,1-3H3,(H,24,30)(H,25,29)/t18-,19+/m1/s1. The van der Waals surface area contributed by atoms with Crippen molar-refractivity contribution in [1.82, 2.24) is 25.3 Å². The number of benzene rings is 1. The Hall–Kier alpha value is -2.97. The van der Waals surface area contributed by atoms with Crippen LogP contribution in [0.1, 0.15) is 18.4 Å². The molecule has 1 spiro atoms.